The van der Waals surface area contributed by atoms with E-state index in [0.29, 0.717) is 61.0 Å². The van der Waals surface area contributed by atoms with Crippen molar-refractivity contribution < 1.29 is 63.0 Å². The van der Waals surface area contributed by atoms with Crippen LogP contribution in [0.3, 0.4) is 0 Å². The summed E-state index contributed by atoms with van der Waals surface area (Å²) in [5.41, 5.74) is 1.13. The number of ether oxygens (including phenoxy) is 3. The fourth-order valence-electron chi connectivity index (χ4n) is 7.93. The molecule has 4 heterocycles. The summed E-state index contributed by atoms with van der Waals surface area (Å²) in [6, 6.07) is 3.25. The van der Waals surface area contributed by atoms with Crippen molar-refractivity contribution in [2.24, 2.45) is 0 Å². The van der Waals surface area contributed by atoms with E-state index in [0.717, 1.165) is 38.5 Å². The molecule has 4 fully saturated rings. The Morgan fingerprint density at radius 3 is 2.54 bits per heavy atom. The van der Waals surface area contributed by atoms with Crippen molar-refractivity contribution in [3.63, 3.8) is 0 Å². The van der Waals surface area contributed by atoms with Crippen LogP contribution in [0.5, 0.6) is 11.6 Å². The van der Waals surface area contributed by atoms with Crippen molar-refractivity contribution in [3.05, 3.63) is 36.0 Å². The molecule has 0 radical (unpaired) electrons. The van der Waals surface area contributed by atoms with Gasteiger partial charge in [0.15, 0.2) is 0 Å². The van der Waals surface area contributed by atoms with E-state index in [4.69, 9.17) is 19.2 Å². The molecule has 5 aliphatic rings. The normalized spacial score (nSPS) is 29.2. The van der Waals surface area contributed by atoms with Crippen molar-refractivity contribution >= 4 is 44.9 Å². The van der Waals surface area contributed by atoms with Crippen LogP contribution >= 0.6 is 0 Å². The molecule has 56 heavy (non-hydrogen) atoms. The minimum atomic E-state index is -3.97. The first-order chi connectivity index (χ1) is 26.7. The van der Waals surface area contributed by atoms with Crippen molar-refractivity contribution in [1.29, 1.82) is 0 Å². The number of amides is 4. The van der Waals surface area contributed by atoms with E-state index < -0.39 is 87.1 Å². The van der Waals surface area contributed by atoms with Gasteiger partial charge in [0, 0.05) is 0 Å². The molecule has 5 atom stereocenters. The van der Waals surface area contributed by atoms with Crippen LogP contribution < -0.4 is 46.0 Å². The average Bonchev–Trinajstić information content (AvgIpc) is 3.96. The second kappa shape index (κ2) is 15.9. The maximum atomic E-state index is 14.7. The molecule has 3 N–H and O–H groups in total. The predicted molar refractivity (Wildman–Crippen MR) is 202 cm³/mol. The van der Waals surface area contributed by atoms with E-state index in [2.05, 4.69) is 20.3 Å². The van der Waals surface area contributed by atoms with Gasteiger partial charge >= 0.3 is 302 Å². The van der Waals surface area contributed by atoms with Crippen LogP contribution in [0.1, 0.15) is 103 Å². The zero-order valence-electron chi connectivity index (χ0n) is 32.4. The Kier molecular flexibility index (Phi) is 11.5. The standard InChI is InChI=1S/C39H52IN6O9S/c1-5-38(17-11-12-18-38)55-36(50)43-28-13-9-7-6-8-10-14-31-39(40-31,35(49)45-56(51,52)37(3)19-20-37)44-32(47)30-22-26(23-46(30)34(28)48)54-33-24(2)41-27-16-15-25(53-4)21-29(27)42-33/h10,14-16,21,26,28,30-31H,5-9,11-13,17-20,22-23H2,1-4H3,(H,43,50)(H,44,47)(H,45,49)/q-1/b14-10-/t26-,28+,30+,31+,39-/m1/s1. The van der Waals surface area contributed by atoms with Crippen molar-refractivity contribution in [1.82, 2.24) is 30.2 Å². The zero-order valence-corrected chi connectivity index (χ0v) is 35.4. The number of benzene rings is 1. The number of allylic oxidation sites excluding steroid dienone is 1. The van der Waals surface area contributed by atoms with Gasteiger partial charge in [-0.1, -0.05) is 6.92 Å². The first-order valence-electron chi connectivity index (χ1n) is 19.7. The molecule has 0 bridgehead atoms. The van der Waals surface area contributed by atoms with E-state index >= 15 is 0 Å². The Morgan fingerprint density at radius 2 is 1.82 bits per heavy atom. The molecule has 2 aromatic rings. The third-order valence-electron chi connectivity index (χ3n) is 11.9. The van der Waals surface area contributed by atoms with Gasteiger partial charge in [-0.25, -0.2) is 0 Å². The van der Waals surface area contributed by atoms with Gasteiger partial charge in [0.05, 0.1) is 7.11 Å². The minimum Gasteiger partial charge on any atom is -0.0494 e. The smallest absolute Gasteiger partial charge is 0.0494 e. The Labute approximate surface area is 338 Å². The molecule has 7 rings (SSSR count). The second-order valence-electron chi connectivity index (χ2n) is 15.9. The molecule has 0 unspecified atom stereocenters. The molecule has 306 valence electrons. The Hall–Kier alpha value is -3.74. The number of aryl methyl sites for hydroxylation is 1. The third kappa shape index (κ3) is 8.29. The van der Waals surface area contributed by atoms with Gasteiger partial charge in [-0.3, -0.25) is 0 Å². The molecule has 15 nitrogen and oxygen atoms in total. The van der Waals surface area contributed by atoms with Crippen LogP contribution in [0.4, 0.5) is 4.79 Å². The quantitative estimate of drug-likeness (QED) is 0.140. The van der Waals surface area contributed by atoms with Crippen molar-refractivity contribution in [2.45, 2.75) is 140 Å². The monoisotopic (exact) mass is 907 g/mol. The van der Waals surface area contributed by atoms with E-state index in [9.17, 15) is 27.6 Å². The number of alkyl halides is 2. The number of hydrogen-bond acceptors (Lipinski definition) is 11. The molecule has 2 saturated carbocycles. The van der Waals surface area contributed by atoms with Gasteiger partial charge in [-0.05, 0) is 18.9 Å². The first-order valence-corrected chi connectivity index (χ1v) is 23.5. The van der Waals surface area contributed by atoms with Crippen LogP contribution in [0.15, 0.2) is 30.4 Å². The van der Waals surface area contributed by atoms with Crippen LogP contribution in [0, 0.1) is 6.92 Å². The minimum absolute atomic E-state index is 0.00930. The zero-order chi connectivity index (χ0) is 39.9. The summed E-state index contributed by atoms with van der Waals surface area (Å²) in [5.74, 6) is -0.971. The molecule has 17 heteroatoms. The number of nitrogens with zero attached hydrogens (tertiary/aromatic N) is 3. The molecular weight excluding hydrogens is 855 g/mol. The molecule has 0 spiro atoms. The van der Waals surface area contributed by atoms with Crippen LogP contribution in [0.2, 0.25) is 0 Å². The third-order valence-corrected chi connectivity index (χ3v) is 17.9. The molecule has 3 aliphatic heterocycles. The topological polar surface area (TPSA) is 195 Å². The number of carbonyl (C=O) groups excluding carboxylic acids is 4. The molecule has 2 saturated heterocycles. The van der Waals surface area contributed by atoms with Gasteiger partial charge in [-0.2, -0.15) is 0 Å². The van der Waals surface area contributed by atoms with Crippen molar-refractivity contribution in [2.75, 3.05) is 13.7 Å². The Bertz CT molecular complexity index is 2020. The number of methoxy groups -OCH3 is 1. The fourth-order valence-corrected chi connectivity index (χ4v) is 12.3. The van der Waals surface area contributed by atoms with Gasteiger partial charge in [0.2, 0.25) is 0 Å². The number of rotatable bonds is 9. The molecule has 4 amide bonds. The number of hydrogen-bond donors (Lipinski definition) is 3. The van der Waals surface area contributed by atoms with E-state index in [1.807, 2.05) is 19.1 Å². The number of fused-ring (bicyclic) bond motifs is 3. The Balaban J connectivity index is 1.18. The van der Waals surface area contributed by atoms with Crippen molar-refractivity contribution in [3.8, 4) is 11.6 Å². The van der Waals surface area contributed by atoms with E-state index in [-0.39, 0.29) is 22.8 Å². The molecule has 1 aromatic heterocycles. The molecule has 2 aliphatic carbocycles. The SMILES string of the molecule is CCC1(OC(=O)N[C@H]2CCCCC/C=C\[C@@H]3[I-][C@@]3(C(=O)NS(=O)(=O)C3(C)CC3)NC(=O)[C@@H]3C[C@@H](Oc4nc5cc(OC)ccc5nc4C)CN3C2=O)CCCC1. The van der Waals surface area contributed by atoms with Gasteiger partial charge < -0.3 is 4.74 Å². The summed E-state index contributed by atoms with van der Waals surface area (Å²) in [5, 5.41) is 5.82. The Morgan fingerprint density at radius 1 is 1.05 bits per heavy atom. The predicted octanol–water partition coefficient (Wildman–Crippen LogP) is 0.915. The number of nitrogens with one attached hydrogen (secondary N) is 3. The fraction of sp³-hybridized carbons (Fsp3) is 0.641. The number of sulfonamides is 1. The summed E-state index contributed by atoms with van der Waals surface area (Å²) >= 11 is -1.03. The summed E-state index contributed by atoms with van der Waals surface area (Å²) in [6.07, 6.45) is 10.9. The van der Waals surface area contributed by atoms with E-state index in [1.165, 1.54) is 4.90 Å². The van der Waals surface area contributed by atoms with Gasteiger partial charge in [0.25, 0.3) is 0 Å². The molecule has 1 aromatic carbocycles. The van der Waals surface area contributed by atoms with Gasteiger partial charge in [0.1, 0.15) is 0 Å². The average molecular weight is 908 g/mol. The number of aromatic nitrogens is 2. The first kappa shape index (κ1) is 40.5. The maximum absolute atomic E-state index is 14.7. The van der Waals surface area contributed by atoms with Gasteiger partial charge in [-0.15, -0.1) is 0 Å². The summed E-state index contributed by atoms with van der Waals surface area (Å²) in [7, 11) is -2.42. The second-order valence-corrected chi connectivity index (χ2v) is 21.8. The summed E-state index contributed by atoms with van der Waals surface area (Å²) in [4.78, 5) is 67.3. The van der Waals surface area contributed by atoms with Crippen LogP contribution in [-0.2, 0) is 29.1 Å². The summed E-state index contributed by atoms with van der Waals surface area (Å²) in [6.45, 7) is 5.35. The number of halogens is 1. The molecular formula is C39H52IN6O9S-. The van der Waals surface area contributed by atoms with Crippen LogP contribution in [-0.4, -0.2) is 96.8 Å². The van der Waals surface area contributed by atoms with Crippen LogP contribution in [0.25, 0.3) is 11.0 Å². The number of alkyl carbamates (subject to hydrolysis) is 1. The van der Waals surface area contributed by atoms with E-state index in [1.54, 1.807) is 39.2 Å². The summed E-state index contributed by atoms with van der Waals surface area (Å²) < 4.78 is 43.7. The number of carbonyl (C=O) groups is 4.